The van der Waals surface area contributed by atoms with Gasteiger partial charge in [0.2, 0.25) is 0 Å². The maximum absolute atomic E-state index is 5.29. The van der Waals surface area contributed by atoms with Gasteiger partial charge in [-0.15, -0.1) is 0 Å². The largest absolute Gasteiger partial charge is 0.497 e. The van der Waals surface area contributed by atoms with E-state index in [2.05, 4.69) is 54.5 Å². The Kier molecular flexibility index (Phi) is 4.39. The second-order valence-electron chi connectivity index (χ2n) is 9.23. The van der Waals surface area contributed by atoms with E-state index < -0.39 is 0 Å². The standard InChI is InChI=1S/C25H32N2O/c1-17-16-27(2)24-14-18-7-8-20(26-19-9-11-21(28-3)12-10-19)15-23(18)25(17)13-5-4-6-22(24)25/h7-12,15,17,22,24,26H,4-6,13-14,16H2,1-3H3/t17?,22-,24+,25+/m0/s1. The van der Waals surface area contributed by atoms with Gasteiger partial charge in [0.1, 0.15) is 5.75 Å². The number of anilines is 2. The van der Waals surface area contributed by atoms with Crippen molar-refractivity contribution in [2.75, 3.05) is 26.0 Å². The molecule has 2 aromatic carbocycles. The number of fused-ring (bicyclic) bond motifs is 1. The molecule has 0 radical (unpaired) electrons. The molecule has 1 saturated heterocycles. The molecule has 0 spiro atoms. The highest BCUT2D eigenvalue weighted by Gasteiger charge is 2.56. The van der Waals surface area contributed by atoms with Gasteiger partial charge in [-0.1, -0.05) is 25.8 Å². The first-order chi connectivity index (χ1) is 13.6. The number of hydrogen-bond acceptors (Lipinski definition) is 3. The molecular formula is C25H32N2O. The molecule has 2 fully saturated rings. The number of nitrogens with zero attached hydrogens (tertiary/aromatic N) is 1. The minimum Gasteiger partial charge on any atom is -0.497 e. The van der Waals surface area contributed by atoms with E-state index in [1.54, 1.807) is 18.2 Å². The van der Waals surface area contributed by atoms with Crippen LogP contribution in [0.15, 0.2) is 42.5 Å². The second-order valence-corrected chi connectivity index (χ2v) is 9.23. The lowest BCUT2D eigenvalue weighted by Gasteiger charge is -2.61. The van der Waals surface area contributed by atoms with Crippen LogP contribution >= 0.6 is 0 Å². The highest BCUT2D eigenvalue weighted by Crippen LogP contribution is 2.58. The lowest BCUT2D eigenvalue weighted by atomic mass is 9.49. The Labute approximate surface area is 169 Å². The highest BCUT2D eigenvalue weighted by molar-refractivity contribution is 5.63. The summed E-state index contributed by atoms with van der Waals surface area (Å²) in [5.41, 5.74) is 5.94. The number of ether oxygens (including phenoxy) is 1. The molecule has 3 nitrogen and oxygen atoms in total. The smallest absolute Gasteiger partial charge is 0.119 e. The van der Waals surface area contributed by atoms with Crippen LogP contribution < -0.4 is 10.1 Å². The average Bonchev–Trinajstić information content (AvgIpc) is 2.73. The van der Waals surface area contributed by atoms with Gasteiger partial charge in [0, 0.05) is 29.4 Å². The SMILES string of the molecule is COc1ccc(Nc2ccc3c(c2)[C@@]24CCCC[C@H]2[C@@H](C3)N(C)CC4C)cc1. The molecular weight excluding hydrogens is 344 g/mol. The molecule has 2 aliphatic carbocycles. The van der Waals surface area contributed by atoms with Crippen LogP contribution in [-0.4, -0.2) is 31.6 Å². The minimum absolute atomic E-state index is 0.376. The summed E-state index contributed by atoms with van der Waals surface area (Å²) in [6, 6.07) is 16.1. The zero-order chi connectivity index (χ0) is 19.3. The Bertz CT molecular complexity index is 861. The molecule has 2 bridgehead atoms. The van der Waals surface area contributed by atoms with Crippen molar-refractivity contribution >= 4 is 11.4 Å². The van der Waals surface area contributed by atoms with Crippen LogP contribution in [0, 0.1) is 11.8 Å². The van der Waals surface area contributed by atoms with Crippen LogP contribution in [0.4, 0.5) is 11.4 Å². The van der Waals surface area contributed by atoms with E-state index in [1.165, 1.54) is 44.3 Å². The monoisotopic (exact) mass is 376 g/mol. The number of benzene rings is 2. The maximum atomic E-state index is 5.29. The molecule has 148 valence electrons. The van der Waals surface area contributed by atoms with Gasteiger partial charge in [-0.05, 0) is 85.7 Å². The average molecular weight is 377 g/mol. The quantitative estimate of drug-likeness (QED) is 0.779. The van der Waals surface area contributed by atoms with E-state index >= 15 is 0 Å². The summed E-state index contributed by atoms with van der Waals surface area (Å²) in [7, 11) is 4.06. The summed E-state index contributed by atoms with van der Waals surface area (Å²) in [6.45, 7) is 3.74. The predicted molar refractivity (Wildman–Crippen MR) is 116 cm³/mol. The molecule has 3 heteroatoms. The van der Waals surface area contributed by atoms with Gasteiger partial charge in [-0.25, -0.2) is 0 Å². The molecule has 28 heavy (non-hydrogen) atoms. The molecule has 1 saturated carbocycles. The van der Waals surface area contributed by atoms with Gasteiger partial charge < -0.3 is 15.0 Å². The summed E-state index contributed by atoms with van der Waals surface area (Å²) in [5, 5.41) is 3.63. The number of rotatable bonds is 3. The van der Waals surface area contributed by atoms with Crippen LogP contribution in [0.3, 0.4) is 0 Å². The fourth-order valence-electron chi connectivity index (χ4n) is 6.64. The molecule has 5 rings (SSSR count). The zero-order valence-corrected chi connectivity index (χ0v) is 17.4. The van der Waals surface area contributed by atoms with E-state index in [0.717, 1.165) is 23.4 Å². The highest BCUT2D eigenvalue weighted by atomic mass is 16.5. The predicted octanol–water partition coefficient (Wildman–Crippen LogP) is 5.37. The molecule has 0 aromatic heterocycles. The summed E-state index contributed by atoms with van der Waals surface area (Å²) >= 11 is 0. The summed E-state index contributed by atoms with van der Waals surface area (Å²) in [5.74, 6) is 2.43. The third kappa shape index (κ3) is 2.67. The minimum atomic E-state index is 0.376. The number of likely N-dealkylation sites (N-methyl/N-ethyl adjacent to an activating group) is 1. The Morgan fingerprint density at radius 1 is 1.07 bits per heavy atom. The number of nitrogens with one attached hydrogen (secondary N) is 1. The third-order valence-corrected chi connectivity index (χ3v) is 7.91. The van der Waals surface area contributed by atoms with E-state index in [1.807, 2.05) is 12.1 Å². The van der Waals surface area contributed by atoms with Gasteiger partial charge in [-0.2, -0.15) is 0 Å². The summed E-state index contributed by atoms with van der Waals surface area (Å²) < 4.78 is 5.29. The lowest BCUT2D eigenvalue weighted by molar-refractivity contribution is -0.0362. The molecule has 0 amide bonds. The molecule has 3 aliphatic rings. The Hall–Kier alpha value is -2.00. The second kappa shape index (κ2) is 6.81. The van der Waals surface area contributed by atoms with Crippen molar-refractivity contribution in [2.45, 2.75) is 50.5 Å². The van der Waals surface area contributed by atoms with Crippen molar-refractivity contribution in [3.63, 3.8) is 0 Å². The number of methoxy groups -OCH3 is 1. The van der Waals surface area contributed by atoms with Crippen molar-refractivity contribution < 1.29 is 4.74 Å². The lowest BCUT2D eigenvalue weighted by Crippen LogP contribution is -2.63. The van der Waals surface area contributed by atoms with E-state index in [-0.39, 0.29) is 0 Å². The van der Waals surface area contributed by atoms with Gasteiger partial charge in [-0.3, -0.25) is 0 Å². The van der Waals surface area contributed by atoms with Gasteiger partial charge in [0.15, 0.2) is 0 Å². The number of piperidine rings is 1. The van der Waals surface area contributed by atoms with Gasteiger partial charge in [0.05, 0.1) is 7.11 Å². The van der Waals surface area contributed by atoms with Crippen LogP contribution in [0.2, 0.25) is 0 Å². The van der Waals surface area contributed by atoms with E-state index in [9.17, 15) is 0 Å². The van der Waals surface area contributed by atoms with Crippen molar-refractivity contribution in [3.05, 3.63) is 53.6 Å². The van der Waals surface area contributed by atoms with Gasteiger partial charge >= 0.3 is 0 Å². The molecule has 2 aromatic rings. The molecule has 4 atom stereocenters. The Morgan fingerprint density at radius 2 is 1.86 bits per heavy atom. The summed E-state index contributed by atoms with van der Waals surface area (Å²) in [4.78, 5) is 2.66. The van der Waals surface area contributed by atoms with Gasteiger partial charge in [0.25, 0.3) is 0 Å². The van der Waals surface area contributed by atoms with E-state index in [0.29, 0.717) is 11.3 Å². The number of hydrogen-bond donors (Lipinski definition) is 1. The van der Waals surface area contributed by atoms with Crippen molar-refractivity contribution in [1.29, 1.82) is 0 Å². The van der Waals surface area contributed by atoms with Crippen molar-refractivity contribution in [2.24, 2.45) is 11.8 Å². The first-order valence-corrected chi connectivity index (χ1v) is 10.9. The number of likely N-dealkylation sites (tertiary alicyclic amines) is 1. The molecule has 1 aliphatic heterocycles. The Morgan fingerprint density at radius 3 is 2.64 bits per heavy atom. The molecule has 1 heterocycles. The van der Waals surface area contributed by atoms with Crippen LogP contribution in [-0.2, 0) is 11.8 Å². The van der Waals surface area contributed by atoms with Crippen LogP contribution in [0.5, 0.6) is 5.75 Å². The topological polar surface area (TPSA) is 24.5 Å². The maximum Gasteiger partial charge on any atom is 0.119 e. The molecule has 1 unspecified atom stereocenters. The fourth-order valence-corrected chi connectivity index (χ4v) is 6.64. The van der Waals surface area contributed by atoms with Crippen molar-refractivity contribution in [1.82, 2.24) is 4.90 Å². The van der Waals surface area contributed by atoms with Crippen LogP contribution in [0.1, 0.15) is 43.7 Å². The first kappa shape index (κ1) is 18.1. The zero-order valence-electron chi connectivity index (χ0n) is 17.4. The first-order valence-electron chi connectivity index (χ1n) is 10.9. The van der Waals surface area contributed by atoms with Crippen LogP contribution in [0.25, 0.3) is 0 Å². The van der Waals surface area contributed by atoms with E-state index in [4.69, 9.17) is 4.74 Å². The third-order valence-electron chi connectivity index (χ3n) is 7.91. The molecule has 1 N–H and O–H groups in total. The van der Waals surface area contributed by atoms with Crippen molar-refractivity contribution in [3.8, 4) is 5.75 Å². The Balaban J connectivity index is 1.53. The fraction of sp³-hybridized carbons (Fsp3) is 0.520. The summed E-state index contributed by atoms with van der Waals surface area (Å²) in [6.07, 6.45) is 6.76. The normalized spacial score (nSPS) is 31.6.